The fourth-order valence-corrected chi connectivity index (χ4v) is 2.41. The zero-order chi connectivity index (χ0) is 15.3. The van der Waals surface area contributed by atoms with Crippen LogP contribution in [0.15, 0.2) is 0 Å². The first kappa shape index (κ1) is 17.1. The first-order valence-electron chi connectivity index (χ1n) is 7.06. The van der Waals surface area contributed by atoms with Gasteiger partial charge in [0.15, 0.2) is 0 Å². The van der Waals surface area contributed by atoms with Crippen molar-refractivity contribution in [2.75, 3.05) is 25.4 Å². The molecule has 0 aromatic heterocycles. The molecular formula is C14H26N2O3S. The number of nitrogens with zero attached hydrogens (tertiary/aromatic N) is 1. The van der Waals surface area contributed by atoms with Crippen LogP contribution in [0.4, 0.5) is 4.79 Å². The van der Waals surface area contributed by atoms with Gasteiger partial charge in [-0.2, -0.15) is 12.6 Å². The molecule has 1 aliphatic heterocycles. The SMILES string of the molecule is CC(CNC(=O)OC(C)(C)C)CN1CC(CS)CC1=O. The number of amides is 2. The number of thiol groups is 1. The normalized spacial score (nSPS) is 20.9. The molecule has 0 bridgehead atoms. The van der Waals surface area contributed by atoms with Gasteiger partial charge in [-0.25, -0.2) is 4.79 Å². The van der Waals surface area contributed by atoms with Crippen LogP contribution in [0.25, 0.3) is 0 Å². The van der Waals surface area contributed by atoms with Crippen molar-refractivity contribution >= 4 is 24.6 Å². The van der Waals surface area contributed by atoms with Gasteiger partial charge in [-0.3, -0.25) is 4.79 Å². The summed E-state index contributed by atoms with van der Waals surface area (Å²) in [5.41, 5.74) is -0.488. The van der Waals surface area contributed by atoms with Crippen LogP contribution >= 0.6 is 12.6 Å². The van der Waals surface area contributed by atoms with E-state index >= 15 is 0 Å². The van der Waals surface area contributed by atoms with Crippen molar-refractivity contribution in [2.45, 2.75) is 39.7 Å². The van der Waals surface area contributed by atoms with Crippen molar-refractivity contribution < 1.29 is 14.3 Å². The van der Waals surface area contributed by atoms with Gasteiger partial charge in [-0.15, -0.1) is 0 Å². The van der Waals surface area contributed by atoms with Crippen molar-refractivity contribution in [1.82, 2.24) is 10.2 Å². The number of likely N-dealkylation sites (tertiary alicyclic amines) is 1. The Morgan fingerprint density at radius 2 is 2.20 bits per heavy atom. The van der Waals surface area contributed by atoms with Gasteiger partial charge >= 0.3 is 6.09 Å². The Kier molecular flexibility index (Phi) is 6.17. The number of carbonyl (C=O) groups excluding carboxylic acids is 2. The molecule has 1 saturated heterocycles. The van der Waals surface area contributed by atoms with Crippen molar-refractivity contribution in [2.24, 2.45) is 11.8 Å². The average molecular weight is 302 g/mol. The van der Waals surface area contributed by atoms with Crippen molar-refractivity contribution in [1.29, 1.82) is 0 Å². The zero-order valence-corrected chi connectivity index (χ0v) is 13.7. The minimum Gasteiger partial charge on any atom is -0.444 e. The minimum absolute atomic E-state index is 0.188. The highest BCUT2D eigenvalue weighted by Gasteiger charge is 2.29. The van der Waals surface area contributed by atoms with E-state index in [1.807, 2.05) is 32.6 Å². The third-order valence-electron chi connectivity index (χ3n) is 3.08. The van der Waals surface area contributed by atoms with E-state index in [2.05, 4.69) is 17.9 Å². The highest BCUT2D eigenvalue weighted by Crippen LogP contribution is 2.19. The van der Waals surface area contributed by atoms with Gasteiger partial charge in [0.2, 0.25) is 5.91 Å². The summed E-state index contributed by atoms with van der Waals surface area (Å²) in [6.45, 7) is 9.45. The third kappa shape index (κ3) is 6.03. The number of hydrogen-bond donors (Lipinski definition) is 2. The smallest absolute Gasteiger partial charge is 0.407 e. The molecule has 1 heterocycles. The van der Waals surface area contributed by atoms with Crippen LogP contribution < -0.4 is 5.32 Å². The standard InChI is InChI=1S/C14H26N2O3S/c1-10(6-15-13(18)19-14(2,3)4)7-16-8-11(9-20)5-12(16)17/h10-11,20H,5-9H2,1-4H3,(H,15,18). The maximum atomic E-state index is 11.8. The third-order valence-corrected chi connectivity index (χ3v) is 3.59. The summed E-state index contributed by atoms with van der Waals surface area (Å²) in [6.07, 6.45) is 0.181. The molecule has 2 atom stereocenters. The van der Waals surface area contributed by atoms with E-state index in [-0.39, 0.29) is 11.8 Å². The van der Waals surface area contributed by atoms with Gasteiger partial charge in [-0.1, -0.05) is 6.92 Å². The maximum Gasteiger partial charge on any atom is 0.407 e. The van der Waals surface area contributed by atoms with Crippen molar-refractivity contribution in [3.63, 3.8) is 0 Å². The number of alkyl carbamates (subject to hydrolysis) is 1. The molecule has 1 fully saturated rings. The molecular weight excluding hydrogens is 276 g/mol. The van der Waals surface area contributed by atoms with Crippen LogP contribution in [0.5, 0.6) is 0 Å². The Morgan fingerprint density at radius 3 is 2.70 bits per heavy atom. The molecule has 20 heavy (non-hydrogen) atoms. The molecule has 116 valence electrons. The van der Waals surface area contributed by atoms with E-state index in [0.717, 1.165) is 12.3 Å². The second-order valence-electron chi connectivity index (χ2n) is 6.54. The predicted octanol–water partition coefficient (Wildman–Crippen LogP) is 1.93. The molecule has 0 saturated carbocycles. The Labute approximate surface area is 126 Å². The van der Waals surface area contributed by atoms with Crippen LogP contribution in [-0.4, -0.2) is 47.9 Å². The number of ether oxygens (including phenoxy) is 1. The number of hydrogen-bond acceptors (Lipinski definition) is 4. The zero-order valence-electron chi connectivity index (χ0n) is 12.8. The van der Waals surface area contributed by atoms with Crippen LogP contribution in [0, 0.1) is 11.8 Å². The van der Waals surface area contributed by atoms with Crippen LogP contribution in [0.3, 0.4) is 0 Å². The maximum absolute atomic E-state index is 11.8. The number of rotatable bonds is 5. The van der Waals surface area contributed by atoms with E-state index in [0.29, 0.717) is 25.4 Å². The highest BCUT2D eigenvalue weighted by atomic mass is 32.1. The Bertz CT molecular complexity index is 355. The van der Waals surface area contributed by atoms with Gasteiger partial charge in [0.1, 0.15) is 5.60 Å². The molecule has 0 aromatic rings. The van der Waals surface area contributed by atoms with Crippen molar-refractivity contribution in [3.05, 3.63) is 0 Å². The minimum atomic E-state index is -0.488. The van der Waals surface area contributed by atoms with Gasteiger partial charge < -0.3 is 15.0 Å². The summed E-state index contributed by atoms with van der Waals surface area (Å²) in [7, 11) is 0. The molecule has 5 nitrogen and oxygen atoms in total. The van der Waals surface area contributed by atoms with Gasteiger partial charge in [-0.05, 0) is 38.4 Å². The Morgan fingerprint density at radius 1 is 1.55 bits per heavy atom. The van der Waals surface area contributed by atoms with Gasteiger partial charge in [0.05, 0.1) is 0 Å². The summed E-state index contributed by atoms with van der Waals surface area (Å²) in [5.74, 6) is 1.49. The average Bonchev–Trinajstić information content (AvgIpc) is 2.65. The largest absolute Gasteiger partial charge is 0.444 e. The van der Waals surface area contributed by atoms with E-state index in [1.165, 1.54) is 0 Å². The fourth-order valence-electron chi connectivity index (χ4n) is 2.17. The van der Waals surface area contributed by atoms with E-state index in [4.69, 9.17) is 4.74 Å². The first-order chi connectivity index (χ1) is 9.21. The lowest BCUT2D eigenvalue weighted by molar-refractivity contribution is -0.128. The molecule has 2 unspecified atom stereocenters. The molecule has 0 aliphatic carbocycles. The second-order valence-corrected chi connectivity index (χ2v) is 6.90. The summed E-state index contributed by atoms with van der Waals surface area (Å²) >= 11 is 4.24. The summed E-state index contributed by atoms with van der Waals surface area (Å²) in [6, 6.07) is 0. The molecule has 0 aromatic carbocycles. The molecule has 1 N–H and O–H groups in total. The van der Waals surface area contributed by atoms with Crippen LogP contribution in [-0.2, 0) is 9.53 Å². The van der Waals surface area contributed by atoms with E-state index in [9.17, 15) is 9.59 Å². The number of carbonyl (C=O) groups is 2. The lowest BCUT2D eigenvalue weighted by Crippen LogP contribution is -2.38. The van der Waals surface area contributed by atoms with E-state index < -0.39 is 11.7 Å². The Balaban J connectivity index is 2.28. The predicted molar refractivity (Wildman–Crippen MR) is 81.9 cm³/mol. The summed E-state index contributed by atoms with van der Waals surface area (Å²) < 4.78 is 5.17. The summed E-state index contributed by atoms with van der Waals surface area (Å²) in [5, 5.41) is 2.74. The topological polar surface area (TPSA) is 58.6 Å². The monoisotopic (exact) mass is 302 g/mol. The van der Waals surface area contributed by atoms with Crippen LogP contribution in [0.2, 0.25) is 0 Å². The first-order valence-corrected chi connectivity index (χ1v) is 7.70. The second kappa shape index (κ2) is 7.20. The molecule has 0 spiro atoms. The molecule has 1 rings (SSSR count). The van der Waals surface area contributed by atoms with Gasteiger partial charge in [0.25, 0.3) is 0 Å². The quantitative estimate of drug-likeness (QED) is 0.763. The molecule has 0 radical (unpaired) electrons. The fraction of sp³-hybridized carbons (Fsp3) is 0.857. The highest BCUT2D eigenvalue weighted by molar-refractivity contribution is 7.80. The number of nitrogens with one attached hydrogen (secondary N) is 1. The lowest BCUT2D eigenvalue weighted by Gasteiger charge is -2.23. The summed E-state index contributed by atoms with van der Waals surface area (Å²) in [4.78, 5) is 25.2. The Hall–Kier alpha value is -0.910. The molecule has 1 aliphatic rings. The van der Waals surface area contributed by atoms with Gasteiger partial charge in [0, 0.05) is 26.1 Å². The van der Waals surface area contributed by atoms with Crippen LogP contribution in [0.1, 0.15) is 34.1 Å². The molecule has 2 amide bonds. The van der Waals surface area contributed by atoms with E-state index in [1.54, 1.807) is 0 Å². The molecule has 6 heteroatoms. The lowest BCUT2D eigenvalue weighted by atomic mass is 10.1. The van der Waals surface area contributed by atoms with Crippen molar-refractivity contribution in [3.8, 4) is 0 Å².